The van der Waals surface area contributed by atoms with Crippen molar-refractivity contribution in [2.75, 3.05) is 22.9 Å². The number of nitriles is 1. The predicted molar refractivity (Wildman–Crippen MR) is 95.8 cm³/mol. The van der Waals surface area contributed by atoms with Gasteiger partial charge in [-0.1, -0.05) is 30.3 Å². The fraction of sp³-hybridized carbons (Fsp3) is 0.421. The van der Waals surface area contributed by atoms with Gasteiger partial charge in [0.15, 0.2) is 0 Å². The summed E-state index contributed by atoms with van der Waals surface area (Å²) in [6, 6.07) is 10.2. The molecule has 0 saturated carbocycles. The second-order valence-electron chi connectivity index (χ2n) is 6.56. The van der Waals surface area contributed by atoms with Crippen molar-refractivity contribution in [1.82, 2.24) is 4.98 Å². The van der Waals surface area contributed by atoms with E-state index < -0.39 is 24.1 Å². The Hall–Kier alpha value is -3.02. The number of rotatable bonds is 5. The first-order chi connectivity index (χ1) is 13.3. The van der Waals surface area contributed by atoms with Crippen molar-refractivity contribution in [3.63, 3.8) is 0 Å². The van der Waals surface area contributed by atoms with Crippen molar-refractivity contribution in [3.8, 4) is 6.07 Å². The molecule has 0 aliphatic carbocycles. The van der Waals surface area contributed by atoms with Gasteiger partial charge in [0.05, 0.1) is 6.07 Å². The summed E-state index contributed by atoms with van der Waals surface area (Å²) in [5.41, 5.74) is 1.13. The van der Waals surface area contributed by atoms with Crippen LogP contribution in [0.4, 0.5) is 25.1 Å². The molecule has 3 rings (SSSR count). The van der Waals surface area contributed by atoms with Crippen LogP contribution in [0, 0.1) is 18.3 Å². The third kappa shape index (κ3) is 4.11. The monoisotopic (exact) mass is 392 g/mol. The average Bonchev–Trinajstić information content (AvgIpc) is 3.28. The lowest BCUT2D eigenvalue weighted by atomic mass is 10.1. The molecule has 2 heterocycles. The normalized spacial score (nSPS) is 16.8. The van der Waals surface area contributed by atoms with E-state index >= 15 is 0 Å². The summed E-state index contributed by atoms with van der Waals surface area (Å²) in [6.45, 7) is 1.90. The number of oxazole rings is 1. The molecule has 1 aromatic carbocycles. The summed E-state index contributed by atoms with van der Waals surface area (Å²) in [4.78, 5) is 18.2. The first-order valence-corrected chi connectivity index (χ1v) is 8.87. The Balaban J connectivity index is 1.89. The summed E-state index contributed by atoms with van der Waals surface area (Å²) >= 11 is 0. The van der Waals surface area contributed by atoms with Crippen LogP contribution in [0.25, 0.3) is 0 Å². The predicted octanol–water partition coefficient (Wildman–Crippen LogP) is 3.61. The van der Waals surface area contributed by atoms with E-state index in [4.69, 9.17) is 4.42 Å². The highest BCUT2D eigenvalue weighted by Gasteiger charge is 2.45. The Morgan fingerprint density at radius 3 is 2.75 bits per heavy atom. The molecule has 9 heteroatoms. The fourth-order valence-corrected chi connectivity index (χ4v) is 3.22. The molecule has 1 saturated heterocycles. The minimum atomic E-state index is -5.05. The second kappa shape index (κ2) is 7.92. The number of hydrogen-bond donors (Lipinski definition) is 0. The number of anilines is 2. The number of carbonyl (C=O) groups excluding carboxylic acids is 1. The Morgan fingerprint density at radius 2 is 2.11 bits per heavy atom. The topological polar surface area (TPSA) is 73.4 Å². The number of amides is 1. The average molecular weight is 392 g/mol. The van der Waals surface area contributed by atoms with Gasteiger partial charge >= 0.3 is 18.1 Å². The van der Waals surface area contributed by atoms with Gasteiger partial charge in [-0.3, -0.25) is 9.69 Å². The molecule has 1 amide bonds. The number of carbonyl (C=O) groups is 1. The summed E-state index contributed by atoms with van der Waals surface area (Å²) in [5.74, 6) is -1.80. The second-order valence-corrected chi connectivity index (χ2v) is 6.56. The minimum Gasteiger partial charge on any atom is -0.407 e. The highest BCUT2D eigenvalue weighted by atomic mass is 19.4. The molecule has 0 radical (unpaired) electrons. The maximum absolute atomic E-state index is 13.1. The first-order valence-electron chi connectivity index (χ1n) is 8.87. The minimum absolute atomic E-state index is 0.212. The van der Waals surface area contributed by atoms with Crippen molar-refractivity contribution in [2.45, 2.75) is 38.4 Å². The van der Waals surface area contributed by atoms with Gasteiger partial charge < -0.3 is 9.32 Å². The van der Waals surface area contributed by atoms with E-state index in [1.807, 2.05) is 0 Å². The zero-order valence-corrected chi connectivity index (χ0v) is 15.2. The summed E-state index contributed by atoms with van der Waals surface area (Å²) in [6.07, 6.45) is -3.43. The van der Waals surface area contributed by atoms with Crippen molar-refractivity contribution in [3.05, 3.63) is 41.6 Å². The number of aryl methyl sites for hydroxylation is 1. The SMILES string of the molecule is Cc1nc(N(CCc2ccccc2)C(=O)C(F)(F)F)oc1N1CCCC1C#N. The van der Waals surface area contributed by atoms with Crippen LogP contribution in [0.2, 0.25) is 0 Å². The van der Waals surface area contributed by atoms with Crippen LogP contribution >= 0.6 is 0 Å². The van der Waals surface area contributed by atoms with Crippen molar-refractivity contribution in [2.24, 2.45) is 0 Å². The quantitative estimate of drug-likeness (QED) is 0.777. The highest BCUT2D eigenvalue weighted by molar-refractivity contribution is 5.95. The van der Waals surface area contributed by atoms with Gasteiger partial charge in [-0.15, -0.1) is 0 Å². The molecule has 2 aromatic rings. The lowest BCUT2D eigenvalue weighted by Gasteiger charge is -2.21. The lowest BCUT2D eigenvalue weighted by Crippen LogP contribution is -2.42. The standard InChI is InChI=1S/C19H19F3N4O2/c1-13-16(25-10-5-8-15(25)12-23)28-18(24-13)26(17(27)19(20,21)22)11-9-14-6-3-2-4-7-14/h2-4,6-7,15H,5,8-11H2,1H3. The molecular weight excluding hydrogens is 373 g/mol. The van der Waals surface area contributed by atoms with Crippen LogP contribution in [0.5, 0.6) is 0 Å². The molecule has 1 atom stereocenters. The molecule has 1 aromatic heterocycles. The molecule has 28 heavy (non-hydrogen) atoms. The molecule has 0 bridgehead atoms. The van der Waals surface area contributed by atoms with Crippen molar-refractivity contribution >= 4 is 17.8 Å². The molecule has 1 unspecified atom stereocenters. The van der Waals surface area contributed by atoms with E-state index in [1.165, 1.54) is 0 Å². The Morgan fingerprint density at radius 1 is 1.39 bits per heavy atom. The van der Waals surface area contributed by atoms with Crippen LogP contribution in [0.15, 0.2) is 34.7 Å². The Bertz CT molecular complexity index is 874. The highest BCUT2D eigenvalue weighted by Crippen LogP contribution is 2.33. The van der Waals surface area contributed by atoms with Crippen molar-refractivity contribution in [1.29, 1.82) is 5.26 Å². The fourth-order valence-electron chi connectivity index (χ4n) is 3.22. The Kier molecular flexibility index (Phi) is 5.58. The summed E-state index contributed by atoms with van der Waals surface area (Å²) in [7, 11) is 0. The maximum atomic E-state index is 13.1. The molecule has 1 fully saturated rings. The molecule has 6 nitrogen and oxygen atoms in total. The molecule has 0 spiro atoms. The zero-order valence-electron chi connectivity index (χ0n) is 15.2. The third-order valence-electron chi connectivity index (χ3n) is 4.61. The molecule has 0 N–H and O–H groups in total. The van der Waals surface area contributed by atoms with Crippen LogP contribution in [0.3, 0.4) is 0 Å². The smallest absolute Gasteiger partial charge is 0.407 e. The number of alkyl halides is 3. The van der Waals surface area contributed by atoms with Crippen LogP contribution in [0.1, 0.15) is 24.1 Å². The molecule has 148 valence electrons. The van der Waals surface area contributed by atoms with Gasteiger partial charge in [-0.05, 0) is 31.7 Å². The molecule has 1 aliphatic heterocycles. The van der Waals surface area contributed by atoms with E-state index in [-0.39, 0.29) is 18.8 Å². The largest absolute Gasteiger partial charge is 0.471 e. The maximum Gasteiger partial charge on any atom is 0.471 e. The van der Waals surface area contributed by atoms with Gasteiger partial charge in [0.1, 0.15) is 11.7 Å². The van der Waals surface area contributed by atoms with Gasteiger partial charge in [-0.25, -0.2) is 0 Å². The van der Waals surface area contributed by atoms with E-state index in [1.54, 1.807) is 42.2 Å². The van der Waals surface area contributed by atoms with E-state index in [0.29, 0.717) is 23.6 Å². The zero-order chi connectivity index (χ0) is 20.3. The summed E-state index contributed by atoms with van der Waals surface area (Å²) in [5, 5.41) is 9.24. The van der Waals surface area contributed by atoms with E-state index in [9.17, 15) is 23.2 Å². The van der Waals surface area contributed by atoms with Gasteiger partial charge in [0.2, 0.25) is 5.88 Å². The van der Waals surface area contributed by atoms with Crippen molar-refractivity contribution < 1.29 is 22.4 Å². The van der Waals surface area contributed by atoms with E-state index in [0.717, 1.165) is 12.0 Å². The van der Waals surface area contributed by atoms with E-state index in [2.05, 4.69) is 11.1 Å². The number of hydrogen-bond acceptors (Lipinski definition) is 5. The number of benzene rings is 1. The van der Waals surface area contributed by atoms with Gasteiger partial charge in [0.25, 0.3) is 0 Å². The van der Waals surface area contributed by atoms with Crippen LogP contribution in [-0.2, 0) is 11.2 Å². The molecule has 1 aliphatic rings. The third-order valence-corrected chi connectivity index (χ3v) is 4.61. The van der Waals surface area contributed by atoms with Gasteiger partial charge in [-0.2, -0.15) is 23.4 Å². The van der Waals surface area contributed by atoms with Crippen LogP contribution in [-0.4, -0.2) is 36.2 Å². The Labute approximate surface area is 160 Å². The number of halogens is 3. The van der Waals surface area contributed by atoms with Gasteiger partial charge in [0, 0.05) is 13.1 Å². The first kappa shape index (κ1) is 19.7. The summed E-state index contributed by atoms with van der Waals surface area (Å²) < 4.78 is 44.9. The lowest BCUT2D eigenvalue weighted by molar-refractivity contribution is -0.170. The number of aromatic nitrogens is 1. The molecular formula is C19H19F3N4O2. The number of nitrogens with zero attached hydrogens (tertiary/aromatic N) is 4. The van der Waals surface area contributed by atoms with Crippen LogP contribution < -0.4 is 9.80 Å².